The maximum absolute atomic E-state index is 13.9. The number of hydrogen-bond donors (Lipinski definition) is 0. The fourth-order valence-corrected chi connectivity index (χ4v) is 11.0. The third-order valence-electron chi connectivity index (χ3n) is 11.5. The SMILES string of the molecule is COC(=O)c1cccc2ccc(C3=CC=CC(C(=O)OC(C)(C)C)N3c3cnn(CC45CC6(C)CC(C)(C4)CC(OCCN=[N+]=[N-])(C6)C5)c3C)cc12. The monoisotopic (exact) mass is 706 g/mol. The minimum absolute atomic E-state index is 0.0154. The van der Waals surface area contributed by atoms with Gasteiger partial charge in [-0.25, -0.2) is 9.59 Å². The molecule has 2 aromatic carbocycles. The van der Waals surface area contributed by atoms with E-state index in [0.29, 0.717) is 18.7 Å². The highest BCUT2D eigenvalue weighted by Gasteiger charge is 2.66. The van der Waals surface area contributed by atoms with Crippen LogP contribution in [0.4, 0.5) is 5.69 Å². The summed E-state index contributed by atoms with van der Waals surface area (Å²) < 4.78 is 19.9. The van der Waals surface area contributed by atoms with Crippen molar-refractivity contribution < 1.29 is 23.8 Å². The van der Waals surface area contributed by atoms with E-state index in [1.165, 1.54) is 13.5 Å². The zero-order valence-electron chi connectivity index (χ0n) is 31.4. The van der Waals surface area contributed by atoms with E-state index in [0.717, 1.165) is 72.1 Å². The van der Waals surface area contributed by atoms with Gasteiger partial charge in [0.05, 0.1) is 42.5 Å². The van der Waals surface area contributed by atoms with Crippen LogP contribution in [0.1, 0.15) is 94.8 Å². The number of aromatic nitrogens is 2. The van der Waals surface area contributed by atoms with Crippen molar-refractivity contribution in [1.82, 2.24) is 9.78 Å². The number of ether oxygens (including phenoxy) is 3. The Morgan fingerprint density at radius 1 is 1.06 bits per heavy atom. The van der Waals surface area contributed by atoms with Crippen molar-refractivity contribution >= 4 is 34.1 Å². The first kappa shape index (κ1) is 35.8. The number of methoxy groups -OCH3 is 1. The molecule has 3 aromatic rings. The molecule has 52 heavy (non-hydrogen) atoms. The molecule has 11 nitrogen and oxygen atoms in total. The minimum Gasteiger partial charge on any atom is -0.465 e. The standard InChI is InChI=1S/C41H50N6O5/c1-27-34(19-44-46(27)26-40-21-38(5)20-39(6,22-40)24-41(23-38,25-40)51-17-16-43-45-42)47-32(12-9-13-33(47)36(49)52-37(2,3)4)29-15-14-28-10-8-11-30(31(28)18-29)35(48)50-7/h8-15,18-19,33H,16-17,20-26H2,1-7H3. The van der Waals surface area contributed by atoms with Crippen LogP contribution in [0, 0.1) is 23.2 Å². The van der Waals surface area contributed by atoms with E-state index in [1.54, 1.807) is 6.07 Å². The summed E-state index contributed by atoms with van der Waals surface area (Å²) in [7, 11) is 1.38. The van der Waals surface area contributed by atoms with Crippen LogP contribution in [-0.4, -0.2) is 59.2 Å². The second kappa shape index (κ2) is 12.8. The van der Waals surface area contributed by atoms with Crippen molar-refractivity contribution in [1.29, 1.82) is 0 Å². The second-order valence-corrected chi connectivity index (χ2v) is 17.5. The zero-order chi connectivity index (χ0) is 37.1. The van der Waals surface area contributed by atoms with Gasteiger partial charge in [0.2, 0.25) is 0 Å². The van der Waals surface area contributed by atoms with Crippen molar-refractivity contribution in [2.75, 3.05) is 25.2 Å². The van der Waals surface area contributed by atoms with E-state index in [-0.39, 0.29) is 27.8 Å². The Morgan fingerprint density at radius 2 is 1.81 bits per heavy atom. The molecule has 0 radical (unpaired) electrons. The Labute approximate surface area is 305 Å². The van der Waals surface area contributed by atoms with Crippen LogP contribution in [-0.2, 0) is 25.5 Å². The van der Waals surface area contributed by atoms with Gasteiger partial charge in [-0.15, -0.1) is 0 Å². The van der Waals surface area contributed by atoms with Crippen LogP contribution in [0.25, 0.3) is 26.9 Å². The fourth-order valence-electron chi connectivity index (χ4n) is 11.0. The smallest absolute Gasteiger partial charge is 0.338 e. The molecule has 11 heteroatoms. The van der Waals surface area contributed by atoms with E-state index in [2.05, 4.69) is 35.5 Å². The van der Waals surface area contributed by atoms with Crippen molar-refractivity contribution in [2.45, 2.75) is 104 Å². The Hall–Kier alpha value is -4.60. The molecule has 1 aliphatic heterocycles. The molecular formula is C41H50N6O5. The maximum Gasteiger partial charge on any atom is 0.338 e. The van der Waals surface area contributed by atoms with E-state index in [1.807, 2.05) is 80.4 Å². The number of azide groups is 1. The predicted octanol–water partition coefficient (Wildman–Crippen LogP) is 8.71. The Morgan fingerprint density at radius 3 is 2.50 bits per heavy atom. The van der Waals surface area contributed by atoms with Gasteiger partial charge in [0, 0.05) is 23.7 Å². The molecule has 0 N–H and O–H groups in total. The van der Waals surface area contributed by atoms with Crippen molar-refractivity contribution in [2.24, 2.45) is 21.4 Å². The summed E-state index contributed by atoms with van der Waals surface area (Å²) in [5.41, 5.74) is 12.1. The van der Waals surface area contributed by atoms with E-state index in [9.17, 15) is 9.59 Å². The highest BCUT2D eigenvalue weighted by Crippen LogP contribution is 2.72. The number of carbonyl (C=O) groups excluding carboxylic acids is 2. The number of allylic oxidation sites excluding steroid dienone is 2. The van der Waals surface area contributed by atoms with Gasteiger partial charge in [-0.05, 0) is 123 Å². The number of benzene rings is 2. The van der Waals surface area contributed by atoms with Crippen LogP contribution in [0.3, 0.4) is 0 Å². The molecule has 0 amide bonds. The van der Waals surface area contributed by atoms with Crippen LogP contribution in [0.5, 0.6) is 0 Å². The van der Waals surface area contributed by atoms with Crippen LogP contribution in [0.15, 0.2) is 65.9 Å². The molecular weight excluding hydrogens is 656 g/mol. The molecule has 0 spiro atoms. The lowest BCUT2D eigenvalue weighted by Gasteiger charge is -2.69. The lowest BCUT2D eigenvalue weighted by molar-refractivity contribution is -0.247. The predicted molar refractivity (Wildman–Crippen MR) is 201 cm³/mol. The average Bonchev–Trinajstić information content (AvgIpc) is 3.41. The largest absolute Gasteiger partial charge is 0.465 e. The number of esters is 2. The van der Waals surface area contributed by atoms with Gasteiger partial charge in [-0.3, -0.25) is 4.68 Å². The number of carbonyl (C=O) groups is 2. The molecule has 5 aliphatic rings. The molecule has 4 saturated carbocycles. The summed E-state index contributed by atoms with van der Waals surface area (Å²) in [5, 5.41) is 10.4. The summed E-state index contributed by atoms with van der Waals surface area (Å²) in [6.45, 7) is 14.0. The highest BCUT2D eigenvalue weighted by molar-refractivity contribution is 6.06. The first-order valence-electron chi connectivity index (χ1n) is 18.3. The molecule has 4 aliphatic carbocycles. The number of nitrogens with zero attached hydrogens (tertiary/aromatic N) is 6. The van der Waals surface area contributed by atoms with Crippen LogP contribution >= 0.6 is 0 Å². The summed E-state index contributed by atoms with van der Waals surface area (Å²) in [6.07, 6.45) is 14.0. The summed E-state index contributed by atoms with van der Waals surface area (Å²) >= 11 is 0. The van der Waals surface area contributed by atoms with E-state index in [4.69, 9.17) is 24.8 Å². The lowest BCUT2D eigenvalue weighted by atomic mass is 9.39. The molecule has 4 fully saturated rings. The molecule has 274 valence electrons. The van der Waals surface area contributed by atoms with E-state index >= 15 is 0 Å². The van der Waals surface area contributed by atoms with Gasteiger partial charge in [0.15, 0.2) is 6.04 Å². The van der Waals surface area contributed by atoms with E-state index < -0.39 is 17.6 Å². The maximum atomic E-state index is 13.9. The fraction of sp³-hybridized carbons (Fsp3) is 0.537. The summed E-state index contributed by atoms with van der Waals surface area (Å²) in [6, 6.07) is 10.8. The second-order valence-electron chi connectivity index (χ2n) is 17.5. The molecule has 1 aromatic heterocycles. The molecule has 4 bridgehead atoms. The third-order valence-corrected chi connectivity index (χ3v) is 11.5. The van der Waals surface area contributed by atoms with Crippen molar-refractivity contribution in [3.05, 3.63) is 88.1 Å². The molecule has 3 unspecified atom stereocenters. The van der Waals surface area contributed by atoms with Gasteiger partial charge in [0.1, 0.15) is 5.60 Å². The van der Waals surface area contributed by atoms with Gasteiger partial charge >= 0.3 is 11.9 Å². The van der Waals surface area contributed by atoms with Crippen molar-refractivity contribution in [3.63, 3.8) is 0 Å². The quantitative estimate of drug-likeness (QED) is 0.0677. The highest BCUT2D eigenvalue weighted by atomic mass is 16.6. The van der Waals surface area contributed by atoms with Crippen molar-refractivity contribution in [3.8, 4) is 0 Å². The Bertz CT molecular complexity index is 2020. The molecule has 8 rings (SSSR count). The first-order valence-corrected chi connectivity index (χ1v) is 18.3. The van der Waals surface area contributed by atoms with Gasteiger partial charge in [0.25, 0.3) is 0 Å². The minimum atomic E-state index is -0.743. The van der Waals surface area contributed by atoms with Crippen LogP contribution < -0.4 is 4.90 Å². The van der Waals surface area contributed by atoms with Crippen LogP contribution in [0.2, 0.25) is 0 Å². The normalized spacial score (nSPS) is 29.2. The van der Waals surface area contributed by atoms with Gasteiger partial charge in [-0.1, -0.05) is 55.4 Å². The summed E-state index contributed by atoms with van der Waals surface area (Å²) in [4.78, 5) is 31.7. The number of anilines is 1. The summed E-state index contributed by atoms with van der Waals surface area (Å²) in [5.74, 6) is -0.768. The Balaban J connectivity index is 1.27. The van der Waals surface area contributed by atoms with Gasteiger partial charge < -0.3 is 19.1 Å². The zero-order valence-corrected chi connectivity index (χ0v) is 31.4. The molecule has 2 heterocycles. The van der Waals surface area contributed by atoms with Gasteiger partial charge in [-0.2, -0.15) is 5.10 Å². The first-order chi connectivity index (χ1) is 24.6. The molecule has 3 atom stereocenters. The number of rotatable bonds is 10. The average molecular weight is 707 g/mol. The Kier molecular flexibility index (Phi) is 8.82. The number of fused-ring (bicyclic) bond motifs is 1. The topological polar surface area (TPSA) is 132 Å². The lowest BCUT2D eigenvalue weighted by Crippen LogP contribution is -2.64. The third kappa shape index (κ3) is 6.61. The molecule has 0 saturated heterocycles. The number of hydrogen-bond acceptors (Lipinski definition) is 8.